The van der Waals surface area contributed by atoms with E-state index in [4.69, 9.17) is 0 Å². The number of rotatable bonds is 1. The van der Waals surface area contributed by atoms with Crippen molar-refractivity contribution in [3.05, 3.63) is 5.32 Å². The van der Waals surface area contributed by atoms with E-state index in [9.17, 15) is 0 Å². The molecule has 0 saturated carbocycles. The van der Waals surface area contributed by atoms with Crippen molar-refractivity contribution < 1.29 is 32.7 Å². The summed E-state index contributed by atoms with van der Waals surface area (Å²) in [6.07, 6.45) is 0. The predicted molar refractivity (Wildman–Crippen MR) is 19.8 cm³/mol. The number of hydrogen-bond acceptors (Lipinski definition) is 0. The van der Waals surface area contributed by atoms with Gasteiger partial charge in [0.05, 0.1) is 0 Å². The van der Waals surface area contributed by atoms with Crippen LogP contribution >= 0.6 is 0 Å². The summed E-state index contributed by atoms with van der Waals surface area (Å²) >= 11 is 0. The summed E-state index contributed by atoms with van der Waals surface area (Å²) < 4.78 is 0. The predicted octanol–water partition coefficient (Wildman–Crippen LogP) is 1.01. The van der Waals surface area contributed by atoms with Gasteiger partial charge in [0.1, 0.15) is 0 Å². The van der Waals surface area contributed by atoms with Gasteiger partial charge >= 0.3 is 32.7 Å². The van der Waals surface area contributed by atoms with Crippen LogP contribution in [0, 0.1) is 0 Å². The molecule has 0 bridgehead atoms. The minimum Gasteiger partial charge on any atom is -0.665 e. The number of nitrogens with zero attached hydrogens (tertiary/aromatic N) is 1. The van der Waals surface area contributed by atoms with Crippen LogP contribution < -0.4 is 0 Å². The van der Waals surface area contributed by atoms with Crippen molar-refractivity contribution in [1.82, 2.24) is 0 Å². The fourth-order valence-electron chi connectivity index (χ4n) is 0. The summed E-state index contributed by atoms with van der Waals surface area (Å²) in [6.45, 7) is 2.96. The summed E-state index contributed by atoms with van der Waals surface area (Å²) in [5.74, 6) is 0. The Labute approximate surface area is 58.4 Å². The zero-order valence-corrected chi connectivity index (χ0v) is 6.57. The fraction of sp³-hybridized carbons (Fsp3) is 1.00. The Hall–Kier alpha value is 1.06. The fourth-order valence-corrected chi connectivity index (χ4v) is 0. The first-order chi connectivity index (χ1) is 1.91. The van der Waals surface area contributed by atoms with Crippen molar-refractivity contribution in [2.24, 2.45) is 0 Å². The third kappa shape index (κ3) is 11.2. The zero-order chi connectivity index (χ0) is 3.41. The van der Waals surface area contributed by atoms with Crippen LogP contribution in [0.5, 0.6) is 0 Å². The van der Waals surface area contributed by atoms with Gasteiger partial charge in [-0.2, -0.15) is 13.6 Å². The summed E-state index contributed by atoms with van der Waals surface area (Å²) in [7, 11) is 1.81. The smallest absolute Gasteiger partial charge is 0.665 e. The molecule has 0 aliphatic rings. The van der Waals surface area contributed by atoms with Crippen LogP contribution in [0.4, 0.5) is 0 Å². The Morgan fingerprint density at radius 3 is 1.80 bits per heavy atom. The molecule has 0 saturated heterocycles. The van der Waals surface area contributed by atoms with Crippen molar-refractivity contribution in [3.8, 4) is 0 Å². The molecule has 0 radical (unpaired) electrons. The summed E-state index contributed by atoms with van der Waals surface area (Å²) in [6, 6.07) is 0. The topological polar surface area (TPSA) is 14.1 Å². The van der Waals surface area contributed by atoms with E-state index in [-0.39, 0.29) is 32.7 Å². The van der Waals surface area contributed by atoms with Gasteiger partial charge in [0, 0.05) is 0 Å². The zero-order valence-electron chi connectivity index (χ0n) is 3.73. The van der Waals surface area contributed by atoms with Crippen LogP contribution in [0.2, 0.25) is 0 Å². The first-order valence-corrected chi connectivity index (χ1v) is 1.47. The molecule has 0 atom stereocenters. The Balaban J connectivity index is 0. The van der Waals surface area contributed by atoms with Gasteiger partial charge in [0.25, 0.3) is 0 Å². The second-order valence-corrected chi connectivity index (χ2v) is 0.632. The van der Waals surface area contributed by atoms with Crippen LogP contribution in [-0.4, -0.2) is 13.6 Å². The van der Waals surface area contributed by atoms with E-state index in [0.717, 1.165) is 6.54 Å². The van der Waals surface area contributed by atoms with E-state index in [1.165, 1.54) is 0 Å². The van der Waals surface area contributed by atoms with Crippen molar-refractivity contribution in [2.45, 2.75) is 6.92 Å². The molecule has 0 rings (SSSR count). The Kier molecular flexibility index (Phi) is 16.8. The van der Waals surface area contributed by atoms with E-state index in [2.05, 4.69) is 5.32 Å². The van der Waals surface area contributed by atoms with E-state index < -0.39 is 0 Å². The molecule has 2 heteroatoms. The summed E-state index contributed by atoms with van der Waals surface area (Å²) in [5.41, 5.74) is 0. The average Bonchev–Trinajstić information content (AvgIpc) is 1.37. The summed E-state index contributed by atoms with van der Waals surface area (Å²) in [4.78, 5) is 0. The van der Waals surface area contributed by atoms with E-state index in [1.807, 2.05) is 6.92 Å². The molecule has 0 aliphatic carbocycles. The molecular formula is C3H8NY+2. The Bertz CT molecular complexity index is 8.85. The van der Waals surface area contributed by atoms with Gasteiger partial charge in [-0.05, 0) is 0 Å². The summed E-state index contributed by atoms with van der Waals surface area (Å²) in [5, 5.41) is 3.74. The van der Waals surface area contributed by atoms with Crippen molar-refractivity contribution in [2.75, 3.05) is 13.6 Å². The van der Waals surface area contributed by atoms with Crippen LogP contribution in [0.1, 0.15) is 6.92 Å². The molecule has 0 unspecified atom stereocenters. The Morgan fingerprint density at radius 2 is 1.80 bits per heavy atom. The van der Waals surface area contributed by atoms with Gasteiger partial charge < -0.3 is 5.32 Å². The first-order valence-electron chi connectivity index (χ1n) is 1.47. The van der Waals surface area contributed by atoms with Gasteiger partial charge in [-0.1, -0.05) is 6.92 Å². The average molecular weight is 147 g/mol. The van der Waals surface area contributed by atoms with Gasteiger partial charge in [0.2, 0.25) is 0 Å². The largest absolute Gasteiger partial charge is 3.00 e. The molecule has 1 nitrogen and oxygen atoms in total. The second kappa shape index (κ2) is 8.91. The van der Waals surface area contributed by atoms with E-state index in [0.29, 0.717) is 0 Å². The quantitative estimate of drug-likeness (QED) is 0.525. The standard InChI is InChI=1S/C3H8N.Y/c1-3-4-2;/h3H2,1-2H3;/q-1;+3. The molecule has 0 aliphatic heterocycles. The van der Waals surface area contributed by atoms with Crippen LogP contribution in [-0.2, 0) is 32.7 Å². The minimum absolute atomic E-state index is 0. The third-order valence-electron chi connectivity index (χ3n) is 0.316. The van der Waals surface area contributed by atoms with Crippen LogP contribution in [0.25, 0.3) is 5.32 Å². The molecule has 0 aromatic rings. The maximum Gasteiger partial charge on any atom is 3.00 e. The number of hydrogen-bond donors (Lipinski definition) is 0. The van der Waals surface area contributed by atoms with Crippen LogP contribution in [0.3, 0.4) is 0 Å². The molecule has 5 heavy (non-hydrogen) atoms. The molecule has 0 amide bonds. The molecule has 0 heterocycles. The monoisotopic (exact) mass is 147 g/mol. The van der Waals surface area contributed by atoms with Gasteiger partial charge in [-0.25, -0.2) is 0 Å². The second-order valence-electron chi connectivity index (χ2n) is 0.632. The van der Waals surface area contributed by atoms with Crippen LogP contribution in [0.15, 0.2) is 0 Å². The molecule has 0 spiro atoms. The Morgan fingerprint density at radius 1 is 1.60 bits per heavy atom. The molecule has 0 fully saturated rings. The minimum atomic E-state index is 0. The van der Waals surface area contributed by atoms with Gasteiger partial charge in [0.15, 0.2) is 0 Å². The third-order valence-corrected chi connectivity index (χ3v) is 0.316. The molecule has 0 aromatic carbocycles. The maximum atomic E-state index is 3.74. The van der Waals surface area contributed by atoms with E-state index >= 15 is 0 Å². The van der Waals surface area contributed by atoms with Gasteiger partial charge in [-0.15, -0.1) is 0 Å². The first kappa shape index (κ1) is 9.42. The normalized spacial score (nSPS) is 6.00. The van der Waals surface area contributed by atoms with E-state index in [1.54, 1.807) is 7.05 Å². The molecular weight excluding hydrogens is 139 g/mol. The van der Waals surface area contributed by atoms with Gasteiger partial charge in [-0.3, -0.25) is 0 Å². The van der Waals surface area contributed by atoms with Crippen molar-refractivity contribution >= 4 is 0 Å². The maximum absolute atomic E-state index is 3.74. The van der Waals surface area contributed by atoms with Crippen molar-refractivity contribution in [1.29, 1.82) is 0 Å². The van der Waals surface area contributed by atoms with Crippen molar-refractivity contribution in [3.63, 3.8) is 0 Å². The molecule has 0 N–H and O–H groups in total. The SMILES string of the molecule is CC[N-]C.[Y+3]. The molecule has 26 valence electrons. The molecule has 0 aromatic heterocycles.